The van der Waals surface area contributed by atoms with Crippen LogP contribution in [0.2, 0.25) is 0 Å². The summed E-state index contributed by atoms with van der Waals surface area (Å²) >= 11 is 1.78. The van der Waals surface area contributed by atoms with Gasteiger partial charge in [-0.15, -0.1) is 11.3 Å². The van der Waals surface area contributed by atoms with Gasteiger partial charge in [-0.1, -0.05) is 6.92 Å². The van der Waals surface area contributed by atoms with Crippen molar-refractivity contribution < 1.29 is 4.79 Å². The van der Waals surface area contributed by atoms with Crippen LogP contribution in [-0.2, 0) is 17.6 Å². The molecule has 7 nitrogen and oxygen atoms in total. The lowest BCUT2D eigenvalue weighted by atomic mass is 10.1. The molecule has 0 atom stereocenters. The Morgan fingerprint density at radius 1 is 1.50 bits per heavy atom. The van der Waals surface area contributed by atoms with Gasteiger partial charge in [-0.3, -0.25) is 14.7 Å². The Balaban J connectivity index is 1.68. The van der Waals surface area contributed by atoms with Crippen molar-refractivity contribution in [3.8, 4) is 0 Å². The summed E-state index contributed by atoms with van der Waals surface area (Å²) in [5.41, 5.74) is 5.24. The number of aliphatic imine (C=N–C) groups is 1. The number of nitrogens with one attached hydrogen (secondary N) is 2. The predicted molar refractivity (Wildman–Crippen MR) is 98.3 cm³/mol. The first-order valence-electron chi connectivity index (χ1n) is 8.52. The summed E-state index contributed by atoms with van der Waals surface area (Å²) in [6.07, 6.45) is 5.89. The van der Waals surface area contributed by atoms with E-state index in [9.17, 15) is 4.79 Å². The molecule has 0 unspecified atom stereocenters. The van der Waals surface area contributed by atoms with Crippen molar-refractivity contribution in [3.63, 3.8) is 0 Å². The Labute approximate surface area is 147 Å². The fourth-order valence-corrected chi connectivity index (χ4v) is 3.62. The summed E-state index contributed by atoms with van der Waals surface area (Å²) in [6.45, 7) is 5.09. The SMILES string of the molecule is CCc1cnc(CCNC(=NC)NC2CCN(CC(N)=O)CC2)s1. The number of aromatic nitrogens is 1. The number of piperidine rings is 1. The summed E-state index contributed by atoms with van der Waals surface area (Å²) in [4.78, 5) is 23.1. The number of amides is 1. The van der Waals surface area contributed by atoms with Gasteiger partial charge in [-0.25, -0.2) is 4.98 Å². The zero-order valence-corrected chi connectivity index (χ0v) is 15.4. The van der Waals surface area contributed by atoms with E-state index in [2.05, 4.69) is 32.4 Å². The molecule has 1 fully saturated rings. The number of nitrogens with zero attached hydrogens (tertiary/aromatic N) is 3. The molecule has 0 aliphatic carbocycles. The van der Waals surface area contributed by atoms with Crippen LogP contribution in [0.5, 0.6) is 0 Å². The zero-order valence-electron chi connectivity index (χ0n) is 14.5. The number of carbonyl (C=O) groups excluding carboxylic acids is 1. The van der Waals surface area contributed by atoms with E-state index < -0.39 is 0 Å². The van der Waals surface area contributed by atoms with Crippen molar-refractivity contribution in [3.05, 3.63) is 16.1 Å². The van der Waals surface area contributed by atoms with Crippen LogP contribution in [0.4, 0.5) is 0 Å². The third kappa shape index (κ3) is 6.09. The highest BCUT2D eigenvalue weighted by atomic mass is 32.1. The fourth-order valence-electron chi connectivity index (χ4n) is 2.76. The predicted octanol–water partition coefficient (Wildman–Crippen LogP) is 0.363. The van der Waals surface area contributed by atoms with Crippen LogP contribution in [0.1, 0.15) is 29.7 Å². The molecule has 134 valence electrons. The van der Waals surface area contributed by atoms with Gasteiger partial charge >= 0.3 is 0 Å². The minimum Gasteiger partial charge on any atom is -0.369 e. The summed E-state index contributed by atoms with van der Waals surface area (Å²) < 4.78 is 0. The maximum Gasteiger partial charge on any atom is 0.231 e. The first-order chi connectivity index (χ1) is 11.6. The molecule has 1 aliphatic heterocycles. The monoisotopic (exact) mass is 352 g/mol. The molecule has 0 aromatic carbocycles. The smallest absolute Gasteiger partial charge is 0.231 e. The van der Waals surface area contributed by atoms with E-state index in [4.69, 9.17) is 5.73 Å². The lowest BCUT2D eigenvalue weighted by molar-refractivity contribution is -0.119. The highest BCUT2D eigenvalue weighted by molar-refractivity contribution is 7.11. The molecule has 0 spiro atoms. The molecular formula is C16H28N6OS. The number of likely N-dealkylation sites (tertiary alicyclic amines) is 1. The standard InChI is InChI=1S/C16H28N6OS/c1-3-13-10-20-15(24-13)4-7-19-16(18-2)21-12-5-8-22(9-6-12)11-14(17)23/h10,12H,3-9,11H2,1-2H3,(H2,17,23)(H2,18,19,21). The molecule has 8 heteroatoms. The average Bonchev–Trinajstić information content (AvgIpc) is 3.03. The minimum absolute atomic E-state index is 0.257. The molecule has 1 aromatic rings. The zero-order chi connectivity index (χ0) is 17.4. The second-order valence-electron chi connectivity index (χ2n) is 5.98. The lowest BCUT2D eigenvalue weighted by Crippen LogP contribution is -2.50. The van der Waals surface area contributed by atoms with E-state index in [-0.39, 0.29) is 5.91 Å². The van der Waals surface area contributed by atoms with Gasteiger partial charge < -0.3 is 16.4 Å². The number of hydrogen-bond donors (Lipinski definition) is 3. The highest BCUT2D eigenvalue weighted by Crippen LogP contribution is 2.13. The third-order valence-electron chi connectivity index (χ3n) is 4.11. The Morgan fingerprint density at radius 2 is 2.25 bits per heavy atom. The van der Waals surface area contributed by atoms with Gasteiger partial charge in [0, 0.05) is 50.2 Å². The number of nitrogens with two attached hydrogens (primary N) is 1. The van der Waals surface area contributed by atoms with Crippen LogP contribution in [0.15, 0.2) is 11.2 Å². The molecule has 1 aromatic heterocycles. The second kappa shape index (κ2) is 9.58. The van der Waals surface area contributed by atoms with Crippen molar-refractivity contribution in [2.45, 2.75) is 38.6 Å². The van der Waals surface area contributed by atoms with Crippen molar-refractivity contribution >= 4 is 23.2 Å². The quantitative estimate of drug-likeness (QED) is 0.486. The van der Waals surface area contributed by atoms with E-state index in [1.54, 1.807) is 18.4 Å². The third-order valence-corrected chi connectivity index (χ3v) is 5.31. The summed E-state index contributed by atoms with van der Waals surface area (Å²) in [5.74, 6) is 0.572. The van der Waals surface area contributed by atoms with E-state index in [1.807, 2.05) is 6.20 Å². The number of thiazole rings is 1. The topological polar surface area (TPSA) is 95.6 Å². The molecule has 4 N–H and O–H groups in total. The van der Waals surface area contributed by atoms with Gasteiger partial charge in [0.2, 0.25) is 5.91 Å². The Hall–Kier alpha value is -1.67. The fraction of sp³-hybridized carbons (Fsp3) is 0.688. The first-order valence-corrected chi connectivity index (χ1v) is 9.33. The number of carbonyl (C=O) groups is 1. The van der Waals surface area contributed by atoms with Gasteiger partial charge in [-0.2, -0.15) is 0 Å². The first kappa shape index (κ1) is 18.7. The molecule has 1 aliphatic rings. The van der Waals surface area contributed by atoms with E-state index in [1.165, 1.54) is 4.88 Å². The van der Waals surface area contributed by atoms with E-state index in [0.717, 1.165) is 56.3 Å². The van der Waals surface area contributed by atoms with Crippen molar-refractivity contribution in [2.75, 3.05) is 33.2 Å². The van der Waals surface area contributed by atoms with Gasteiger partial charge in [0.1, 0.15) is 0 Å². The number of guanidine groups is 1. The molecule has 1 amide bonds. The van der Waals surface area contributed by atoms with Crippen LogP contribution in [0, 0.1) is 0 Å². The number of aryl methyl sites for hydroxylation is 1. The molecule has 0 bridgehead atoms. The Kier molecular flexibility index (Phi) is 7.45. The maximum absolute atomic E-state index is 11.0. The number of primary amides is 1. The lowest BCUT2D eigenvalue weighted by Gasteiger charge is -2.32. The summed E-state index contributed by atoms with van der Waals surface area (Å²) in [7, 11) is 1.79. The maximum atomic E-state index is 11.0. The van der Waals surface area contributed by atoms with E-state index in [0.29, 0.717) is 12.6 Å². The van der Waals surface area contributed by atoms with Crippen LogP contribution >= 0.6 is 11.3 Å². The Morgan fingerprint density at radius 3 is 2.83 bits per heavy atom. The van der Waals surface area contributed by atoms with Gasteiger partial charge in [0.15, 0.2) is 5.96 Å². The number of rotatable bonds is 7. The summed E-state index contributed by atoms with van der Waals surface area (Å²) in [6, 6.07) is 0.381. The van der Waals surface area contributed by atoms with E-state index >= 15 is 0 Å². The molecule has 2 heterocycles. The highest BCUT2D eigenvalue weighted by Gasteiger charge is 2.20. The van der Waals surface area contributed by atoms with Crippen LogP contribution in [0.3, 0.4) is 0 Å². The van der Waals surface area contributed by atoms with Crippen LogP contribution in [-0.4, -0.2) is 61.0 Å². The van der Waals surface area contributed by atoms with Crippen molar-refractivity contribution in [1.82, 2.24) is 20.5 Å². The van der Waals surface area contributed by atoms with Crippen molar-refractivity contribution in [1.29, 1.82) is 0 Å². The minimum atomic E-state index is -0.257. The van der Waals surface area contributed by atoms with Gasteiger partial charge in [0.25, 0.3) is 0 Å². The largest absolute Gasteiger partial charge is 0.369 e. The second-order valence-corrected chi connectivity index (χ2v) is 7.18. The molecule has 2 rings (SSSR count). The number of hydrogen-bond acceptors (Lipinski definition) is 5. The molecule has 1 saturated heterocycles. The normalized spacial score (nSPS) is 17.0. The summed E-state index contributed by atoms with van der Waals surface area (Å²) in [5, 5.41) is 7.98. The van der Waals surface area contributed by atoms with Gasteiger partial charge in [-0.05, 0) is 19.3 Å². The average molecular weight is 353 g/mol. The van der Waals surface area contributed by atoms with Crippen molar-refractivity contribution in [2.24, 2.45) is 10.7 Å². The molecule has 0 saturated carbocycles. The molecular weight excluding hydrogens is 324 g/mol. The van der Waals surface area contributed by atoms with Gasteiger partial charge in [0.05, 0.1) is 11.6 Å². The van der Waals surface area contributed by atoms with Crippen LogP contribution < -0.4 is 16.4 Å². The molecule has 0 radical (unpaired) electrons. The Bertz CT molecular complexity index is 551. The molecule has 24 heavy (non-hydrogen) atoms. The van der Waals surface area contributed by atoms with Crippen LogP contribution in [0.25, 0.3) is 0 Å².